The van der Waals surface area contributed by atoms with Crippen LogP contribution in [0, 0.1) is 0 Å². The molecule has 0 aliphatic heterocycles. The SMILES string of the molecule is CC(C)c1ccccc1C1(C(C)N)CC1. The lowest BCUT2D eigenvalue weighted by molar-refractivity contribution is 0.548. The summed E-state index contributed by atoms with van der Waals surface area (Å²) in [6, 6.07) is 9.07. The summed E-state index contributed by atoms with van der Waals surface area (Å²) in [6.45, 7) is 6.66. The van der Waals surface area contributed by atoms with E-state index in [1.807, 2.05) is 0 Å². The molecule has 1 nitrogen and oxygen atoms in total. The van der Waals surface area contributed by atoms with Gasteiger partial charge in [-0.2, -0.15) is 0 Å². The Labute approximate surface area is 92.7 Å². The third-order valence-electron chi connectivity index (χ3n) is 3.78. The number of benzene rings is 1. The molecule has 1 heteroatoms. The second kappa shape index (κ2) is 3.64. The van der Waals surface area contributed by atoms with E-state index in [0.29, 0.717) is 11.3 Å². The first-order valence-corrected chi connectivity index (χ1v) is 5.93. The van der Waals surface area contributed by atoms with Crippen LogP contribution in [0.1, 0.15) is 50.7 Å². The van der Waals surface area contributed by atoms with E-state index in [-0.39, 0.29) is 6.04 Å². The van der Waals surface area contributed by atoms with Gasteiger partial charge in [0.25, 0.3) is 0 Å². The molecule has 1 aliphatic rings. The monoisotopic (exact) mass is 203 g/mol. The van der Waals surface area contributed by atoms with Crippen LogP contribution in [0.25, 0.3) is 0 Å². The average molecular weight is 203 g/mol. The first-order chi connectivity index (χ1) is 7.08. The molecule has 0 saturated heterocycles. The summed E-state index contributed by atoms with van der Waals surface area (Å²) in [7, 11) is 0. The van der Waals surface area contributed by atoms with Gasteiger partial charge in [0.15, 0.2) is 0 Å². The van der Waals surface area contributed by atoms with Gasteiger partial charge in [0.2, 0.25) is 0 Å². The second-order valence-corrected chi connectivity index (χ2v) is 5.19. The fourth-order valence-electron chi connectivity index (χ4n) is 2.56. The molecule has 82 valence electrons. The zero-order valence-corrected chi connectivity index (χ0v) is 9.96. The Kier molecular flexibility index (Phi) is 2.59. The zero-order chi connectivity index (χ0) is 11.1. The van der Waals surface area contributed by atoms with Crippen LogP contribution in [0.2, 0.25) is 0 Å². The van der Waals surface area contributed by atoms with Crippen molar-refractivity contribution in [3.05, 3.63) is 35.4 Å². The maximum Gasteiger partial charge on any atom is 0.0108 e. The van der Waals surface area contributed by atoms with Crippen molar-refractivity contribution in [1.82, 2.24) is 0 Å². The van der Waals surface area contributed by atoms with Crippen LogP contribution >= 0.6 is 0 Å². The molecule has 1 aliphatic carbocycles. The van der Waals surface area contributed by atoms with Gasteiger partial charge < -0.3 is 5.73 Å². The molecule has 0 bridgehead atoms. The van der Waals surface area contributed by atoms with Crippen LogP contribution in [-0.2, 0) is 5.41 Å². The van der Waals surface area contributed by atoms with E-state index in [9.17, 15) is 0 Å². The van der Waals surface area contributed by atoms with Crippen LogP contribution < -0.4 is 5.73 Å². The topological polar surface area (TPSA) is 26.0 Å². The maximum absolute atomic E-state index is 6.13. The number of hydrogen-bond donors (Lipinski definition) is 1. The fraction of sp³-hybridized carbons (Fsp3) is 0.571. The van der Waals surface area contributed by atoms with Crippen molar-refractivity contribution in [3.8, 4) is 0 Å². The normalized spacial score (nSPS) is 20.3. The van der Waals surface area contributed by atoms with Crippen molar-refractivity contribution >= 4 is 0 Å². The molecule has 1 saturated carbocycles. The van der Waals surface area contributed by atoms with Crippen molar-refractivity contribution in [1.29, 1.82) is 0 Å². The Balaban J connectivity index is 2.44. The Morgan fingerprint density at radius 3 is 2.20 bits per heavy atom. The Morgan fingerprint density at radius 2 is 1.73 bits per heavy atom. The summed E-state index contributed by atoms with van der Waals surface area (Å²) in [4.78, 5) is 0. The molecule has 1 atom stereocenters. The van der Waals surface area contributed by atoms with Crippen LogP contribution in [0.5, 0.6) is 0 Å². The van der Waals surface area contributed by atoms with E-state index in [1.165, 1.54) is 24.0 Å². The number of hydrogen-bond acceptors (Lipinski definition) is 1. The minimum absolute atomic E-state index is 0.275. The average Bonchev–Trinajstić information content (AvgIpc) is 2.98. The van der Waals surface area contributed by atoms with Gasteiger partial charge in [0.05, 0.1) is 0 Å². The van der Waals surface area contributed by atoms with Gasteiger partial charge >= 0.3 is 0 Å². The molecule has 1 unspecified atom stereocenters. The third-order valence-corrected chi connectivity index (χ3v) is 3.78. The molecule has 1 aromatic rings. The Bertz CT molecular complexity index is 348. The largest absolute Gasteiger partial charge is 0.327 e. The molecular formula is C14H21N. The fourth-order valence-corrected chi connectivity index (χ4v) is 2.56. The molecule has 0 heterocycles. The van der Waals surface area contributed by atoms with Gasteiger partial charge in [0.1, 0.15) is 0 Å². The quantitative estimate of drug-likeness (QED) is 0.802. The van der Waals surface area contributed by atoms with E-state index in [1.54, 1.807) is 0 Å². The van der Waals surface area contributed by atoms with E-state index >= 15 is 0 Å². The Morgan fingerprint density at radius 1 is 1.13 bits per heavy atom. The van der Waals surface area contributed by atoms with Gasteiger partial charge in [0, 0.05) is 11.5 Å². The van der Waals surface area contributed by atoms with Crippen molar-refractivity contribution in [2.45, 2.75) is 51.0 Å². The van der Waals surface area contributed by atoms with Crippen LogP contribution in [-0.4, -0.2) is 6.04 Å². The van der Waals surface area contributed by atoms with Gasteiger partial charge in [-0.3, -0.25) is 0 Å². The van der Waals surface area contributed by atoms with Gasteiger partial charge in [-0.05, 0) is 36.8 Å². The standard InChI is InChI=1S/C14H21N/c1-10(2)12-6-4-5-7-13(12)14(8-9-14)11(3)15/h4-7,10-11H,8-9,15H2,1-3H3. The van der Waals surface area contributed by atoms with Crippen molar-refractivity contribution in [3.63, 3.8) is 0 Å². The number of rotatable bonds is 3. The predicted molar refractivity (Wildman–Crippen MR) is 65.1 cm³/mol. The summed E-state index contributed by atoms with van der Waals surface area (Å²) in [5.41, 5.74) is 9.40. The first-order valence-electron chi connectivity index (χ1n) is 5.93. The molecule has 2 N–H and O–H groups in total. The summed E-state index contributed by atoms with van der Waals surface area (Å²) < 4.78 is 0. The minimum atomic E-state index is 0.275. The highest BCUT2D eigenvalue weighted by Gasteiger charge is 2.48. The van der Waals surface area contributed by atoms with Crippen LogP contribution in [0.4, 0.5) is 0 Å². The molecule has 1 fully saturated rings. The molecule has 2 rings (SSSR count). The van der Waals surface area contributed by atoms with Crippen LogP contribution in [0.15, 0.2) is 24.3 Å². The third kappa shape index (κ3) is 1.69. The highest BCUT2D eigenvalue weighted by molar-refractivity contribution is 5.41. The van der Waals surface area contributed by atoms with Gasteiger partial charge in [-0.15, -0.1) is 0 Å². The lowest BCUT2D eigenvalue weighted by Crippen LogP contribution is -2.32. The van der Waals surface area contributed by atoms with Crippen molar-refractivity contribution in [2.75, 3.05) is 0 Å². The highest BCUT2D eigenvalue weighted by atomic mass is 14.7. The summed E-state index contributed by atoms with van der Waals surface area (Å²) in [5.74, 6) is 0.595. The van der Waals surface area contributed by atoms with Crippen molar-refractivity contribution < 1.29 is 0 Å². The molecule has 1 aromatic carbocycles. The Hall–Kier alpha value is -0.820. The van der Waals surface area contributed by atoms with Crippen molar-refractivity contribution in [2.24, 2.45) is 5.73 Å². The highest BCUT2D eigenvalue weighted by Crippen LogP contribution is 2.52. The zero-order valence-electron chi connectivity index (χ0n) is 9.96. The van der Waals surface area contributed by atoms with E-state index in [0.717, 1.165) is 0 Å². The van der Waals surface area contributed by atoms with Gasteiger partial charge in [-0.1, -0.05) is 38.1 Å². The lowest BCUT2D eigenvalue weighted by atomic mass is 9.83. The summed E-state index contributed by atoms with van der Waals surface area (Å²) in [5, 5.41) is 0. The van der Waals surface area contributed by atoms with Crippen LogP contribution in [0.3, 0.4) is 0 Å². The van der Waals surface area contributed by atoms with Gasteiger partial charge in [-0.25, -0.2) is 0 Å². The molecule has 0 aromatic heterocycles. The molecule has 0 spiro atoms. The lowest BCUT2D eigenvalue weighted by Gasteiger charge is -2.24. The second-order valence-electron chi connectivity index (χ2n) is 5.19. The molecule has 0 radical (unpaired) electrons. The smallest absolute Gasteiger partial charge is 0.0108 e. The number of nitrogens with two attached hydrogens (primary N) is 1. The van der Waals surface area contributed by atoms with E-state index < -0.39 is 0 Å². The first kappa shape index (κ1) is 10.7. The maximum atomic E-state index is 6.13. The minimum Gasteiger partial charge on any atom is -0.327 e. The molecule has 0 amide bonds. The van der Waals surface area contributed by atoms with E-state index in [4.69, 9.17) is 5.73 Å². The summed E-state index contributed by atoms with van der Waals surface area (Å²) in [6.07, 6.45) is 2.52. The van der Waals surface area contributed by atoms with E-state index in [2.05, 4.69) is 45.0 Å². The molecular weight excluding hydrogens is 182 g/mol. The predicted octanol–water partition coefficient (Wildman–Crippen LogP) is 3.19. The summed E-state index contributed by atoms with van der Waals surface area (Å²) >= 11 is 0. The molecule has 15 heavy (non-hydrogen) atoms.